The molecular weight excluding hydrogens is 675 g/mol. The second-order valence-corrected chi connectivity index (χ2v) is 15.2. The molecule has 0 amide bonds. The number of hydrogen-bond donors (Lipinski definition) is 0. The van der Waals surface area contributed by atoms with Gasteiger partial charge in [0.05, 0.1) is 11.1 Å². The number of fused-ring (bicyclic) bond motifs is 9. The van der Waals surface area contributed by atoms with E-state index in [0.717, 1.165) is 11.4 Å². The van der Waals surface area contributed by atoms with Gasteiger partial charge in [-0.1, -0.05) is 188 Å². The number of rotatable bonds is 4. The van der Waals surface area contributed by atoms with Crippen LogP contribution in [-0.4, -0.2) is 0 Å². The van der Waals surface area contributed by atoms with Gasteiger partial charge in [0, 0.05) is 22.3 Å². The van der Waals surface area contributed by atoms with E-state index in [4.69, 9.17) is 0 Å². The monoisotopic (exact) mass is 709 g/mol. The van der Waals surface area contributed by atoms with Gasteiger partial charge >= 0.3 is 0 Å². The molecular formula is C55H35N. The number of anilines is 3. The molecule has 1 spiro atoms. The van der Waals surface area contributed by atoms with Crippen LogP contribution in [0.4, 0.5) is 17.1 Å². The van der Waals surface area contributed by atoms with Crippen LogP contribution in [0.5, 0.6) is 0 Å². The summed E-state index contributed by atoms with van der Waals surface area (Å²) in [5, 5.41) is 7.63. The van der Waals surface area contributed by atoms with Gasteiger partial charge in [0.2, 0.25) is 0 Å². The molecule has 2 aliphatic carbocycles. The Morgan fingerprint density at radius 1 is 0.304 bits per heavy atom. The summed E-state index contributed by atoms with van der Waals surface area (Å²) >= 11 is 0. The fraction of sp³-hybridized carbons (Fsp3) is 0.0182. The highest BCUT2D eigenvalue weighted by molar-refractivity contribution is 6.12. The molecule has 0 fully saturated rings. The van der Waals surface area contributed by atoms with E-state index in [1.165, 1.54) is 93.6 Å². The van der Waals surface area contributed by atoms with Crippen LogP contribution in [0.25, 0.3) is 65.7 Å². The minimum Gasteiger partial charge on any atom is -0.309 e. The smallest absolute Gasteiger partial charge is 0.0726 e. The van der Waals surface area contributed by atoms with Gasteiger partial charge in [-0.15, -0.1) is 0 Å². The molecule has 10 aromatic rings. The second-order valence-electron chi connectivity index (χ2n) is 15.2. The number of hydrogen-bond acceptors (Lipinski definition) is 1. The standard InChI is InChI=1S/C55H35N/c1-3-15-36(16-4-1)43-33-31-37-17-7-8-24-42(37)54(43)56(40-22-5-2-6-23-40)41-32-34-45-47-27-12-19-39-21-14-30-50(53(39)47)55(51(45)35-41)48-28-10-9-25-44(48)46-26-11-18-38-20-13-29-49(55)52(38)46/h1-35H. The van der Waals surface area contributed by atoms with Crippen LogP contribution in [0.3, 0.4) is 0 Å². The highest BCUT2D eigenvalue weighted by Crippen LogP contribution is 2.61. The van der Waals surface area contributed by atoms with Crippen molar-refractivity contribution < 1.29 is 0 Å². The van der Waals surface area contributed by atoms with E-state index in [1.54, 1.807) is 0 Å². The maximum Gasteiger partial charge on any atom is 0.0726 e. The number of para-hydroxylation sites is 1. The van der Waals surface area contributed by atoms with Crippen LogP contribution in [-0.2, 0) is 5.41 Å². The van der Waals surface area contributed by atoms with Gasteiger partial charge < -0.3 is 4.90 Å². The molecule has 0 radical (unpaired) electrons. The summed E-state index contributed by atoms with van der Waals surface area (Å²) in [6.07, 6.45) is 0. The number of benzene rings is 10. The molecule has 0 saturated carbocycles. The van der Waals surface area contributed by atoms with E-state index >= 15 is 0 Å². The van der Waals surface area contributed by atoms with E-state index in [9.17, 15) is 0 Å². The summed E-state index contributed by atoms with van der Waals surface area (Å²) in [5.41, 5.74) is 15.7. The third-order valence-corrected chi connectivity index (χ3v) is 12.4. The van der Waals surface area contributed by atoms with Crippen LogP contribution >= 0.6 is 0 Å². The van der Waals surface area contributed by atoms with Gasteiger partial charge in [-0.3, -0.25) is 0 Å². The number of nitrogens with zero attached hydrogens (tertiary/aromatic N) is 1. The van der Waals surface area contributed by atoms with Crippen LogP contribution in [0.1, 0.15) is 22.3 Å². The van der Waals surface area contributed by atoms with Crippen molar-refractivity contribution in [1.29, 1.82) is 0 Å². The first kappa shape index (κ1) is 31.2. The van der Waals surface area contributed by atoms with Crippen LogP contribution in [0.15, 0.2) is 212 Å². The van der Waals surface area contributed by atoms with Gasteiger partial charge in [0.15, 0.2) is 0 Å². The Balaban J connectivity index is 1.25. The SMILES string of the molecule is c1ccc(-c2ccc3ccccc3c2N(c2ccccc2)c2ccc3c(c2)C2(c4ccccc4-c4cccc5cccc2c45)c2cccc4cccc-3c24)cc1. The largest absolute Gasteiger partial charge is 0.309 e. The summed E-state index contributed by atoms with van der Waals surface area (Å²) in [6, 6.07) is 79.1. The molecule has 260 valence electrons. The molecule has 0 N–H and O–H groups in total. The fourth-order valence-electron chi connectivity index (χ4n) is 10.2. The zero-order valence-electron chi connectivity index (χ0n) is 30.7. The van der Waals surface area contributed by atoms with Crippen LogP contribution in [0, 0.1) is 0 Å². The van der Waals surface area contributed by atoms with Gasteiger partial charge in [-0.05, 0) is 101 Å². The fourth-order valence-corrected chi connectivity index (χ4v) is 10.2. The molecule has 0 heterocycles. The van der Waals surface area contributed by atoms with Crippen molar-refractivity contribution in [3.05, 3.63) is 235 Å². The maximum absolute atomic E-state index is 2.52. The molecule has 1 nitrogen and oxygen atoms in total. The summed E-state index contributed by atoms with van der Waals surface area (Å²) in [6.45, 7) is 0. The van der Waals surface area contributed by atoms with Crippen molar-refractivity contribution in [1.82, 2.24) is 0 Å². The van der Waals surface area contributed by atoms with Crippen LogP contribution in [0.2, 0.25) is 0 Å². The molecule has 0 aliphatic heterocycles. The molecule has 12 rings (SSSR count). The van der Waals surface area contributed by atoms with Crippen molar-refractivity contribution in [3.63, 3.8) is 0 Å². The Morgan fingerprint density at radius 3 is 1.54 bits per heavy atom. The Kier molecular flexibility index (Phi) is 6.62. The van der Waals surface area contributed by atoms with Crippen LogP contribution < -0.4 is 4.90 Å². The average molecular weight is 710 g/mol. The summed E-state index contributed by atoms with van der Waals surface area (Å²) < 4.78 is 0. The molecule has 1 unspecified atom stereocenters. The van der Waals surface area contributed by atoms with Crippen molar-refractivity contribution in [2.24, 2.45) is 0 Å². The van der Waals surface area contributed by atoms with E-state index in [2.05, 4.69) is 217 Å². The lowest BCUT2D eigenvalue weighted by Crippen LogP contribution is -2.36. The quantitative estimate of drug-likeness (QED) is 0.176. The topological polar surface area (TPSA) is 3.24 Å². The second kappa shape index (κ2) is 11.9. The van der Waals surface area contributed by atoms with Crippen molar-refractivity contribution >= 4 is 49.4 Å². The molecule has 0 saturated heterocycles. The predicted molar refractivity (Wildman–Crippen MR) is 235 cm³/mol. The Morgan fingerprint density at radius 2 is 0.821 bits per heavy atom. The molecule has 1 atom stereocenters. The summed E-state index contributed by atoms with van der Waals surface area (Å²) in [4.78, 5) is 2.50. The highest BCUT2D eigenvalue weighted by Gasteiger charge is 2.48. The molecule has 1 heteroatoms. The minimum absolute atomic E-state index is 0.576. The summed E-state index contributed by atoms with van der Waals surface area (Å²) in [7, 11) is 0. The molecule has 0 bridgehead atoms. The molecule has 10 aromatic carbocycles. The Labute approximate surface area is 326 Å². The predicted octanol–water partition coefficient (Wildman–Crippen LogP) is 14.6. The van der Waals surface area contributed by atoms with E-state index in [1.807, 2.05) is 0 Å². The summed E-state index contributed by atoms with van der Waals surface area (Å²) in [5.74, 6) is 0. The first-order chi connectivity index (χ1) is 27.8. The van der Waals surface area contributed by atoms with Gasteiger partial charge in [0.25, 0.3) is 0 Å². The first-order valence-corrected chi connectivity index (χ1v) is 19.5. The normalized spacial score (nSPS) is 14.9. The lowest BCUT2D eigenvalue weighted by atomic mass is 9.55. The lowest BCUT2D eigenvalue weighted by Gasteiger charge is -2.46. The zero-order valence-corrected chi connectivity index (χ0v) is 30.7. The van der Waals surface area contributed by atoms with Crippen molar-refractivity contribution in [2.45, 2.75) is 5.41 Å². The third-order valence-electron chi connectivity index (χ3n) is 12.4. The van der Waals surface area contributed by atoms with Crippen molar-refractivity contribution in [3.8, 4) is 33.4 Å². The maximum atomic E-state index is 2.52. The Bertz CT molecular complexity index is 3170. The van der Waals surface area contributed by atoms with E-state index < -0.39 is 5.41 Å². The Hall–Kier alpha value is -7.22. The van der Waals surface area contributed by atoms with E-state index in [-0.39, 0.29) is 0 Å². The third kappa shape index (κ3) is 4.20. The molecule has 56 heavy (non-hydrogen) atoms. The van der Waals surface area contributed by atoms with Crippen molar-refractivity contribution in [2.75, 3.05) is 4.90 Å². The molecule has 2 aliphatic rings. The van der Waals surface area contributed by atoms with Gasteiger partial charge in [-0.25, -0.2) is 0 Å². The van der Waals surface area contributed by atoms with Gasteiger partial charge in [0.1, 0.15) is 0 Å². The lowest BCUT2D eigenvalue weighted by molar-refractivity contribution is 0.754. The highest BCUT2D eigenvalue weighted by atomic mass is 15.1. The molecule has 0 aromatic heterocycles. The minimum atomic E-state index is -0.576. The van der Waals surface area contributed by atoms with Gasteiger partial charge in [-0.2, -0.15) is 0 Å². The average Bonchev–Trinajstić information content (AvgIpc) is 3.27. The first-order valence-electron chi connectivity index (χ1n) is 19.5. The van der Waals surface area contributed by atoms with E-state index in [0.29, 0.717) is 0 Å². The zero-order chi connectivity index (χ0) is 36.8.